The smallest absolute Gasteiger partial charge is 0.248 e. The second-order valence-electron chi connectivity index (χ2n) is 4.17. The van der Waals surface area contributed by atoms with Crippen molar-refractivity contribution in [3.05, 3.63) is 29.8 Å². The Morgan fingerprint density at radius 3 is 2.45 bits per heavy atom. The van der Waals surface area contributed by atoms with Crippen LogP contribution < -0.4 is 10.5 Å². The largest absolute Gasteiger partial charge is 0.396 e. The lowest BCUT2D eigenvalue weighted by Crippen LogP contribution is -2.38. The standard InChI is InChI=1S/C12H18N2O5S/c1-19-8-10(6-7-15)14-20(17,18)11-4-2-9(3-5-11)12(13)16/h2-5,10,14-15H,6-8H2,1H3,(H2,13,16). The summed E-state index contributed by atoms with van der Waals surface area (Å²) in [5.74, 6) is -0.626. The number of hydrogen-bond acceptors (Lipinski definition) is 5. The first-order valence-electron chi connectivity index (χ1n) is 5.92. The van der Waals surface area contributed by atoms with Gasteiger partial charge in [-0.1, -0.05) is 0 Å². The van der Waals surface area contributed by atoms with Crippen molar-refractivity contribution in [2.75, 3.05) is 20.3 Å². The molecule has 0 bridgehead atoms. The van der Waals surface area contributed by atoms with Crippen LogP contribution in [0.3, 0.4) is 0 Å². The van der Waals surface area contributed by atoms with Gasteiger partial charge in [0.2, 0.25) is 15.9 Å². The third-order valence-corrected chi connectivity index (χ3v) is 4.15. The van der Waals surface area contributed by atoms with Crippen LogP contribution in [0.5, 0.6) is 0 Å². The van der Waals surface area contributed by atoms with Gasteiger partial charge < -0.3 is 15.6 Å². The third kappa shape index (κ3) is 4.57. The lowest BCUT2D eigenvalue weighted by Gasteiger charge is -2.17. The number of nitrogens with one attached hydrogen (secondary N) is 1. The SMILES string of the molecule is COCC(CCO)NS(=O)(=O)c1ccc(C(N)=O)cc1. The zero-order chi connectivity index (χ0) is 15.2. The van der Waals surface area contributed by atoms with Crippen LogP contribution in [0.15, 0.2) is 29.2 Å². The number of aliphatic hydroxyl groups is 1. The van der Waals surface area contributed by atoms with Crippen molar-refractivity contribution >= 4 is 15.9 Å². The zero-order valence-corrected chi connectivity index (χ0v) is 11.9. The Balaban J connectivity index is 2.89. The van der Waals surface area contributed by atoms with E-state index in [9.17, 15) is 13.2 Å². The van der Waals surface area contributed by atoms with E-state index < -0.39 is 22.0 Å². The number of primary amides is 1. The molecule has 1 aromatic carbocycles. The molecule has 1 rings (SSSR count). The molecule has 0 heterocycles. The maximum absolute atomic E-state index is 12.1. The van der Waals surface area contributed by atoms with Gasteiger partial charge in [-0.15, -0.1) is 0 Å². The monoisotopic (exact) mass is 302 g/mol. The fraction of sp³-hybridized carbons (Fsp3) is 0.417. The van der Waals surface area contributed by atoms with Crippen molar-refractivity contribution < 1.29 is 23.1 Å². The van der Waals surface area contributed by atoms with Gasteiger partial charge in [-0.25, -0.2) is 13.1 Å². The third-order valence-electron chi connectivity index (χ3n) is 2.62. The Kier molecular flexibility index (Phi) is 6.08. The fourth-order valence-corrected chi connectivity index (χ4v) is 2.87. The van der Waals surface area contributed by atoms with Crippen molar-refractivity contribution in [1.29, 1.82) is 0 Å². The average Bonchev–Trinajstić information content (AvgIpc) is 2.39. The Morgan fingerprint density at radius 2 is 2.00 bits per heavy atom. The molecule has 0 saturated heterocycles. The highest BCUT2D eigenvalue weighted by atomic mass is 32.2. The number of aliphatic hydroxyl groups excluding tert-OH is 1. The van der Waals surface area contributed by atoms with Gasteiger partial charge in [-0.2, -0.15) is 0 Å². The first-order valence-corrected chi connectivity index (χ1v) is 7.41. The van der Waals surface area contributed by atoms with Gasteiger partial charge in [-0.3, -0.25) is 4.79 Å². The van der Waals surface area contributed by atoms with Gasteiger partial charge in [-0.05, 0) is 30.7 Å². The van der Waals surface area contributed by atoms with Crippen molar-refractivity contribution in [1.82, 2.24) is 4.72 Å². The van der Waals surface area contributed by atoms with Crippen LogP contribution in [0.1, 0.15) is 16.8 Å². The average molecular weight is 302 g/mol. The van der Waals surface area contributed by atoms with Gasteiger partial charge >= 0.3 is 0 Å². The van der Waals surface area contributed by atoms with E-state index >= 15 is 0 Å². The number of rotatable bonds is 8. The molecule has 0 radical (unpaired) electrons. The van der Waals surface area contributed by atoms with E-state index in [4.69, 9.17) is 15.6 Å². The predicted molar refractivity (Wildman–Crippen MR) is 72.6 cm³/mol. The van der Waals surface area contributed by atoms with Crippen LogP contribution in [0.25, 0.3) is 0 Å². The maximum Gasteiger partial charge on any atom is 0.248 e. The molecule has 1 atom stereocenters. The van der Waals surface area contributed by atoms with Gasteiger partial charge in [0, 0.05) is 25.3 Å². The van der Waals surface area contributed by atoms with E-state index in [2.05, 4.69) is 4.72 Å². The molecule has 8 heteroatoms. The molecule has 112 valence electrons. The number of carbonyl (C=O) groups is 1. The van der Waals surface area contributed by atoms with E-state index in [1.807, 2.05) is 0 Å². The van der Waals surface area contributed by atoms with Gasteiger partial charge in [0.15, 0.2) is 0 Å². The Labute approximate surface area is 117 Å². The zero-order valence-electron chi connectivity index (χ0n) is 11.1. The maximum atomic E-state index is 12.1. The summed E-state index contributed by atoms with van der Waals surface area (Å²) in [6.45, 7) is -0.00365. The molecule has 0 aromatic heterocycles. The number of amides is 1. The molecule has 0 fully saturated rings. The number of methoxy groups -OCH3 is 1. The highest BCUT2D eigenvalue weighted by Crippen LogP contribution is 2.11. The minimum Gasteiger partial charge on any atom is -0.396 e. The lowest BCUT2D eigenvalue weighted by molar-refractivity contribution is 0.1000. The van der Waals surface area contributed by atoms with Gasteiger partial charge in [0.05, 0.1) is 11.5 Å². The van der Waals surface area contributed by atoms with E-state index in [0.717, 1.165) is 0 Å². The first-order chi connectivity index (χ1) is 9.40. The minimum atomic E-state index is -3.74. The van der Waals surface area contributed by atoms with Crippen LogP contribution in [0.4, 0.5) is 0 Å². The number of carbonyl (C=O) groups excluding carboxylic acids is 1. The highest BCUT2D eigenvalue weighted by molar-refractivity contribution is 7.89. The van der Waals surface area contributed by atoms with Crippen molar-refractivity contribution in [3.63, 3.8) is 0 Å². The molecule has 4 N–H and O–H groups in total. The lowest BCUT2D eigenvalue weighted by atomic mass is 10.2. The summed E-state index contributed by atoms with van der Waals surface area (Å²) in [4.78, 5) is 10.9. The van der Waals surface area contributed by atoms with Crippen LogP contribution in [-0.2, 0) is 14.8 Å². The Bertz CT molecular complexity index is 535. The normalized spacial score (nSPS) is 13.1. The quantitative estimate of drug-likeness (QED) is 0.596. The van der Waals surface area contributed by atoms with Gasteiger partial charge in [0.1, 0.15) is 0 Å². The number of nitrogens with two attached hydrogens (primary N) is 1. The van der Waals surface area contributed by atoms with Gasteiger partial charge in [0.25, 0.3) is 0 Å². The summed E-state index contributed by atoms with van der Waals surface area (Å²) in [7, 11) is -2.29. The number of benzene rings is 1. The second kappa shape index (κ2) is 7.34. The molecule has 0 spiro atoms. The number of sulfonamides is 1. The summed E-state index contributed by atoms with van der Waals surface area (Å²) >= 11 is 0. The molecule has 0 aliphatic heterocycles. The predicted octanol–water partition coefficient (Wildman–Crippen LogP) is -0.539. The second-order valence-corrected chi connectivity index (χ2v) is 5.89. The van der Waals surface area contributed by atoms with Crippen LogP contribution in [-0.4, -0.2) is 45.8 Å². The fourth-order valence-electron chi connectivity index (χ4n) is 1.62. The van der Waals surface area contributed by atoms with Crippen LogP contribution in [0, 0.1) is 0 Å². The summed E-state index contributed by atoms with van der Waals surface area (Å²) in [6.07, 6.45) is 0.242. The van der Waals surface area contributed by atoms with Crippen LogP contribution >= 0.6 is 0 Å². The van der Waals surface area contributed by atoms with E-state index in [1.54, 1.807) is 0 Å². The highest BCUT2D eigenvalue weighted by Gasteiger charge is 2.20. The molecule has 20 heavy (non-hydrogen) atoms. The Hall–Kier alpha value is -1.48. The molecule has 1 unspecified atom stereocenters. The van der Waals surface area contributed by atoms with Crippen LogP contribution in [0.2, 0.25) is 0 Å². The summed E-state index contributed by atoms with van der Waals surface area (Å²) in [5, 5.41) is 8.89. The van der Waals surface area contributed by atoms with Crippen molar-refractivity contribution in [2.24, 2.45) is 5.73 Å². The molecule has 0 saturated carbocycles. The van der Waals surface area contributed by atoms with E-state index in [1.165, 1.54) is 31.4 Å². The number of ether oxygens (including phenoxy) is 1. The molecular weight excluding hydrogens is 284 g/mol. The van der Waals surface area contributed by atoms with Crippen molar-refractivity contribution in [3.8, 4) is 0 Å². The molecule has 0 aliphatic rings. The molecule has 0 aliphatic carbocycles. The molecule has 1 aromatic rings. The molecule has 7 nitrogen and oxygen atoms in total. The van der Waals surface area contributed by atoms with E-state index in [-0.39, 0.29) is 30.1 Å². The minimum absolute atomic E-state index is 0.0153. The topological polar surface area (TPSA) is 119 Å². The Morgan fingerprint density at radius 1 is 1.40 bits per heavy atom. The number of hydrogen-bond donors (Lipinski definition) is 3. The molecule has 1 amide bonds. The van der Waals surface area contributed by atoms with Crippen molar-refractivity contribution in [2.45, 2.75) is 17.4 Å². The first kappa shape index (κ1) is 16.6. The molecular formula is C12H18N2O5S. The summed E-state index contributed by atoms with van der Waals surface area (Å²) in [6, 6.07) is 4.75. The van der Waals surface area contributed by atoms with E-state index in [0.29, 0.717) is 0 Å². The summed E-state index contributed by atoms with van der Waals surface area (Å²) in [5.41, 5.74) is 5.31. The summed E-state index contributed by atoms with van der Waals surface area (Å²) < 4.78 is 31.5.